The van der Waals surface area contributed by atoms with Crippen LogP contribution in [0.5, 0.6) is 0 Å². The molecule has 0 unspecified atom stereocenters. The summed E-state index contributed by atoms with van der Waals surface area (Å²) in [6, 6.07) is 38.6. The molecule has 0 radical (unpaired) electrons. The average molecular weight is 476 g/mol. The second-order valence-corrected chi connectivity index (χ2v) is 11.8. The molecule has 1 heterocycles. The molecule has 0 aliphatic heterocycles. The molecule has 0 atom stereocenters. The van der Waals surface area contributed by atoms with Crippen molar-refractivity contribution < 1.29 is 0 Å². The topological polar surface area (TPSA) is 4.93 Å². The zero-order valence-electron chi connectivity index (χ0n) is 21.8. The van der Waals surface area contributed by atoms with Gasteiger partial charge < -0.3 is 4.57 Å². The van der Waals surface area contributed by atoms with Crippen LogP contribution < -0.4 is 0 Å². The molecule has 0 amide bonds. The number of aromatic nitrogens is 1. The van der Waals surface area contributed by atoms with E-state index in [0.717, 1.165) is 0 Å². The van der Waals surface area contributed by atoms with Crippen molar-refractivity contribution >= 4 is 21.8 Å². The summed E-state index contributed by atoms with van der Waals surface area (Å²) >= 11 is 0. The van der Waals surface area contributed by atoms with Gasteiger partial charge in [-0.25, -0.2) is 0 Å². The third kappa shape index (κ3) is 2.50. The first-order chi connectivity index (χ1) is 17.9. The lowest BCUT2D eigenvalue weighted by Gasteiger charge is -2.23. The van der Waals surface area contributed by atoms with Crippen LogP contribution in [0.2, 0.25) is 0 Å². The van der Waals surface area contributed by atoms with E-state index in [9.17, 15) is 0 Å². The van der Waals surface area contributed by atoms with Gasteiger partial charge in [-0.3, -0.25) is 0 Å². The summed E-state index contributed by atoms with van der Waals surface area (Å²) in [6.07, 6.45) is 0. The Morgan fingerprint density at radius 2 is 1.11 bits per heavy atom. The highest BCUT2D eigenvalue weighted by Crippen LogP contribution is 2.54. The maximum atomic E-state index is 2.48. The van der Waals surface area contributed by atoms with Gasteiger partial charge in [-0.1, -0.05) is 107 Å². The lowest BCUT2D eigenvalue weighted by Crippen LogP contribution is -2.15. The molecular weight excluding hydrogens is 446 g/mol. The number of fused-ring (bicyclic) bond motifs is 10. The second kappa shape index (κ2) is 6.81. The molecule has 178 valence electrons. The number of hydrogen-bond acceptors (Lipinski definition) is 0. The first-order valence-corrected chi connectivity index (χ1v) is 13.3. The minimum absolute atomic E-state index is 0.0158. The van der Waals surface area contributed by atoms with Crippen LogP contribution in [0.3, 0.4) is 0 Å². The van der Waals surface area contributed by atoms with Gasteiger partial charge in [-0.15, -0.1) is 0 Å². The maximum absolute atomic E-state index is 2.48. The molecule has 0 spiro atoms. The van der Waals surface area contributed by atoms with Crippen molar-refractivity contribution in [3.63, 3.8) is 0 Å². The zero-order chi connectivity index (χ0) is 25.1. The van der Waals surface area contributed by atoms with E-state index in [1.54, 1.807) is 0 Å². The van der Waals surface area contributed by atoms with Crippen molar-refractivity contribution in [2.45, 2.75) is 38.5 Å². The van der Waals surface area contributed by atoms with Gasteiger partial charge >= 0.3 is 0 Å². The summed E-state index contributed by atoms with van der Waals surface area (Å²) in [6.45, 7) is 9.47. The fourth-order valence-electron chi connectivity index (χ4n) is 7.46. The molecule has 5 aromatic carbocycles. The Bertz CT molecular complexity index is 1930. The first kappa shape index (κ1) is 21.0. The number of rotatable bonds is 1. The highest BCUT2D eigenvalue weighted by Gasteiger charge is 2.38. The molecule has 1 aromatic heterocycles. The van der Waals surface area contributed by atoms with Crippen molar-refractivity contribution in [1.29, 1.82) is 0 Å². The first-order valence-electron chi connectivity index (χ1n) is 13.3. The Morgan fingerprint density at radius 3 is 1.89 bits per heavy atom. The van der Waals surface area contributed by atoms with E-state index in [1.165, 1.54) is 72.0 Å². The van der Waals surface area contributed by atoms with Gasteiger partial charge in [0.2, 0.25) is 0 Å². The van der Waals surface area contributed by atoms with Crippen LogP contribution >= 0.6 is 0 Å². The quantitative estimate of drug-likeness (QED) is 0.223. The molecule has 0 bridgehead atoms. The fourth-order valence-corrected chi connectivity index (χ4v) is 7.46. The van der Waals surface area contributed by atoms with Crippen molar-refractivity contribution in [2.75, 3.05) is 0 Å². The average Bonchev–Trinajstić information content (AvgIpc) is 3.46. The normalized spacial score (nSPS) is 16.0. The second-order valence-electron chi connectivity index (χ2n) is 11.8. The van der Waals surface area contributed by atoms with E-state index in [4.69, 9.17) is 0 Å². The van der Waals surface area contributed by atoms with E-state index >= 15 is 0 Å². The minimum Gasteiger partial charge on any atom is -0.309 e. The molecule has 0 fully saturated rings. The highest BCUT2D eigenvalue weighted by atomic mass is 15.0. The molecule has 2 aliphatic rings. The van der Waals surface area contributed by atoms with Gasteiger partial charge in [-0.05, 0) is 68.8 Å². The molecule has 1 heteroatoms. The predicted octanol–water partition coefficient (Wildman–Crippen LogP) is 9.40. The van der Waals surface area contributed by atoms with E-state index < -0.39 is 0 Å². The number of nitrogens with zero attached hydrogens (tertiary/aromatic N) is 1. The summed E-state index contributed by atoms with van der Waals surface area (Å²) in [4.78, 5) is 0. The van der Waals surface area contributed by atoms with Gasteiger partial charge in [0.15, 0.2) is 0 Å². The molecule has 2 aliphatic carbocycles. The summed E-state index contributed by atoms with van der Waals surface area (Å²) < 4.78 is 2.48. The van der Waals surface area contributed by atoms with Crippen molar-refractivity contribution in [2.24, 2.45) is 0 Å². The summed E-state index contributed by atoms with van der Waals surface area (Å²) in [5.41, 5.74) is 14.9. The number of para-hydroxylation sites is 1. The lowest BCUT2D eigenvalue weighted by atomic mass is 9.80. The molecule has 37 heavy (non-hydrogen) atoms. The molecule has 0 N–H and O–H groups in total. The molecule has 0 saturated heterocycles. The van der Waals surface area contributed by atoms with Crippen molar-refractivity contribution in [3.8, 4) is 27.9 Å². The van der Waals surface area contributed by atoms with Crippen LogP contribution in [-0.4, -0.2) is 4.57 Å². The van der Waals surface area contributed by atoms with Crippen LogP contribution in [-0.2, 0) is 10.8 Å². The van der Waals surface area contributed by atoms with Crippen LogP contribution in [0.4, 0.5) is 0 Å². The molecule has 1 nitrogen and oxygen atoms in total. The number of hydrogen-bond donors (Lipinski definition) is 0. The standard InChI is InChI=1S/C36H29N/c1-35(2)28-14-8-6-12-24(28)27-21-22(17-19-30(27)35)37-31-16-10-7-13-26(31)33-32(37)20-18-25-23-11-5-9-15-29(23)36(3,4)34(25)33/h5-21H,1-4H3. The SMILES string of the molecule is CC1(C)c2ccccc2-c2cc(-n3c4ccccc4c4c5c(ccc43)-c3ccccc3C5(C)C)ccc21. The van der Waals surface area contributed by atoms with E-state index in [1.807, 2.05) is 0 Å². The van der Waals surface area contributed by atoms with E-state index in [-0.39, 0.29) is 10.8 Å². The van der Waals surface area contributed by atoms with Gasteiger partial charge in [0, 0.05) is 27.3 Å². The monoisotopic (exact) mass is 475 g/mol. The molecule has 6 aromatic rings. The summed E-state index contributed by atoms with van der Waals surface area (Å²) in [5.74, 6) is 0. The molecular formula is C36H29N. The van der Waals surface area contributed by atoms with Crippen molar-refractivity contribution in [1.82, 2.24) is 4.57 Å². The maximum Gasteiger partial charge on any atom is 0.0544 e. The third-order valence-electron chi connectivity index (χ3n) is 9.18. The summed E-state index contributed by atoms with van der Waals surface area (Å²) in [7, 11) is 0. The molecule has 8 rings (SSSR count). The van der Waals surface area contributed by atoms with Crippen LogP contribution in [0.25, 0.3) is 49.7 Å². The van der Waals surface area contributed by atoms with Gasteiger partial charge in [0.25, 0.3) is 0 Å². The van der Waals surface area contributed by atoms with E-state index in [2.05, 4.69) is 135 Å². The number of benzene rings is 5. The van der Waals surface area contributed by atoms with Crippen LogP contribution in [0.1, 0.15) is 49.9 Å². The van der Waals surface area contributed by atoms with Gasteiger partial charge in [-0.2, -0.15) is 0 Å². The highest BCUT2D eigenvalue weighted by molar-refractivity contribution is 6.14. The zero-order valence-corrected chi connectivity index (χ0v) is 21.8. The van der Waals surface area contributed by atoms with Gasteiger partial charge in [0.1, 0.15) is 0 Å². The van der Waals surface area contributed by atoms with Crippen molar-refractivity contribution in [3.05, 3.63) is 125 Å². The Balaban J connectivity index is 1.46. The minimum atomic E-state index is -0.0543. The summed E-state index contributed by atoms with van der Waals surface area (Å²) in [5, 5.41) is 2.71. The Kier molecular flexibility index (Phi) is 3.87. The Morgan fingerprint density at radius 1 is 0.486 bits per heavy atom. The smallest absolute Gasteiger partial charge is 0.0544 e. The van der Waals surface area contributed by atoms with Crippen LogP contribution in [0.15, 0.2) is 103 Å². The van der Waals surface area contributed by atoms with Gasteiger partial charge in [0.05, 0.1) is 11.0 Å². The van der Waals surface area contributed by atoms with E-state index in [0.29, 0.717) is 0 Å². The molecule has 0 saturated carbocycles. The largest absolute Gasteiger partial charge is 0.309 e. The fraction of sp³-hybridized carbons (Fsp3) is 0.167. The Labute approximate surface area is 218 Å². The predicted molar refractivity (Wildman–Crippen MR) is 156 cm³/mol. The lowest BCUT2D eigenvalue weighted by molar-refractivity contribution is 0.660. The van der Waals surface area contributed by atoms with Crippen LogP contribution in [0, 0.1) is 0 Å². The third-order valence-corrected chi connectivity index (χ3v) is 9.18. The Hall–Kier alpha value is -4.10.